The number of aliphatic hydroxyl groups excluding tert-OH is 1. The average molecular weight is 251 g/mol. The molecular formula is C14H21NOS. The highest BCUT2D eigenvalue weighted by Crippen LogP contribution is 2.60. The van der Waals surface area contributed by atoms with Crippen molar-refractivity contribution in [3.05, 3.63) is 21.9 Å². The van der Waals surface area contributed by atoms with Crippen molar-refractivity contribution >= 4 is 11.3 Å². The lowest BCUT2D eigenvalue weighted by Gasteiger charge is -2.40. The topological polar surface area (TPSA) is 46.2 Å². The van der Waals surface area contributed by atoms with Gasteiger partial charge in [-0.2, -0.15) is 0 Å². The highest BCUT2D eigenvalue weighted by molar-refractivity contribution is 7.12. The van der Waals surface area contributed by atoms with Crippen molar-refractivity contribution in [2.45, 2.75) is 38.7 Å². The Bertz CT molecular complexity index is 416. The van der Waals surface area contributed by atoms with Gasteiger partial charge in [0.1, 0.15) is 0 Å². The van der Waals surface area contributed by atoms with Gasteiger partial charge in [0.25, 0.3) is 0 Å². The van der Waals surface area contributed by atoms with E-state index in [0.717, 1.165) is 17.2 Å². The van der Waals surface area contributed by atoms with Crippen LogP contribution in [0.3, 0.4) is 0 Å². The molecule has 2 saturated carbocycles. The van der Waals surface area contributed by atoms with E-state index in [9.17, 15) is 5.11 Å². The van der Waals surface area contributed by atoms with Gasteiger partial charge in [-0.3, -0.25) is 0 Å². The number of thiophene rings is 1. The quantitative estimate of drug-likeness (QED) is 0.867. The Morgan fingerprint density at radius 2 is 2.35 bits per heavy atom. The monoisotopic (exact) mass is 251 g/mol. The lowest BCUT2D eigenvalue weighted by atomic mass is 9.69. The summed E-state index contributed by atoms with van der Waals surface area (Å²) in [5.41, 5.74) is 6.02. The Hall–Kier alpha value is -0.380. The third-order valence-electron chi connectivity index (χ3n) is 4.98. The van der Waals surface area contributed by atoms with E-state index in [4.69, 9.17) is 5.73 Å². The van der Waals surface area contributed by atoms with Gasteiger partial charge in [-0.15, -0.1) is 11.3 Å². The van der Waals surface area contributed by atoms with Crippen LogP contribution in [0.5, 0.6) is 0 Å². The summed E-state index contributed by atoms with van der Waals surface area (Å²) in [6.07, 6.45) is 4.69. The normalized spacial score (nSPS) is 37.6. The number of rotatable bonds is 3. The third kappa shape index (κ3) is 1.67. The van der Waals surface area contributed by atoms with Crippen molar-refractivity contribution in [3.63, 3.8) is 0 Å². The van der Waals surface area contributed by atoms with Crippen LogP contribution in [0, 0.1) is 24.2 Å². The smallest absolute Gasteiger partial charge is 0.0952 e. The second-order valence-electron chi connectivity index (χ2n) is 5.87. The maximum Gasteiger partial charge on any atom is 0.0952 e. The Morgan fingerprint density at radius 3 is 2.82 bits per heavy atom. The molecule has 0 aromatic carbocycles. The Balaban J connectivity index is 1.91. The van der Waals surface area contributed by atoms with Gasteiger partial charge in [0.05, 0.1) is 6.10 Å². The van der Waals surface area contributed by atoms with Crippen molar-refractivity contribution < 1.29 is 5.11 Å². The van der Waals surface area contributed by atoms with E-state index in [1.807, 2.05) is 0 Å². The molecule has 4 atom stereocenters. The number of hydrogen-bond donors (Lipinski definition) is 2. The standard InChI is InChI=1S/C14H21NOS/c1-9-2-5-12(17-9)13(16)14(8-15)7-10-3-4-11(14)6-10/h2,5,10-11,13,16H,3-4,6-8,15H2,1H3. The summed E-state index contributed by atoms with van der Waals surface area (Å²) in [4.78, 5) is 2.38. The number of aryl methyl sites for hydroxylation is 1. The molecule has 3 rings (SSSR count). The largest absolute Gasteiger partial charge is 0.387 e. The maximum absolute atomic E-state index is 10.7. The van der Waals surface area contributed by atoms with Crippen LogP contribution in [0.25, 0.3) is 0 Å². The molecule has 17 heavy (non-hydrogen) atoms. The highest BCUT2D eigenvalue weighted by Gasteiger charge is 2.54. The van der Waals surface area contributed by atoms with Gasteiger partial charge in [0.2, 0.25) is 0 Å². The Labute approximate surface area is 107 Å². The zero-order valence-electron chi connectivity index (χ0n) is 10.4. The van der Waals surface area contributed by atoms with Crippen LogP contribution in [-0.2, 0) is 0 Å². The van der Waals surface area contributed by atoms with Gasteiger partial charge in [-0.05, 0) is 50.2 Å². The highest BCUT2D eigenvalue weighted by atomic mass is 32.1. The molecule has 1 heterocycles. The first kappa shape index (κ1) is 11.7. The summed E-state index contributed by atoms with van der Waals surface area (Å²) in [7, 11) is 0. The molecule has 4 unspecified atom stereocenters. The van der Waals surface area contributed by atoms with Crippen molar-refractivity contribution in [2.24, 2.45) is 23.0 Å². The average Bonchev–Trinajstić information content (AvgIpc) is 3.02. The van der Waals surface area contributed by atoms with Crippen LogP contribution in [0.15, 0.2) is 12.1 Å². The molecular weight excluding hydrogens is 230 g/mol. The van der Waals surface area contributed by atoms with Crippen molar-refractivity contribution in [2.75, 3.05) is 6.54 Å². The molecule has 0 aliphatic heterocycles. The molecule has 1 aromatic rings. The Kier molecular flexibility index (Phi) is 2.80. The minimum Gasteiger partial charge on any atom is -0.387 e. The van der Waals surface area contributed by atoms with Crippen molar-refractivity contribution in [1.29, 1.82) is 0 Å². The molecule has 94 valence electrons. The van der Waals surface area contributed by atoms with E-state index < -0.39 is 0 Å². The molecule has 0 amide bonds. The molecule has 2 aliphatic carbocycles. The van der Waals surface area contributed by atoms with Gasteiger partial charge < -0.3 is 10.8 Å². The van der Waals surface area contributed by atoms with Crippen LogP contribution in [-0.4, -0.2) is 11.7 Å². The Morgan fingerprint density at radius 1 is 1.53 bits per heavy atom. The zero-order valence-corrected chi connectivity index (χ0v) is 11.2. The van der Waals surface area contributed by atoms with E-state index in [1.165, 1.54) is 24.1 Å². The van der Waals surface area contributed by atoms with E-state index in [0.29, 0.717) is 12.5 Å². The summed E-state index contributed by atoms with van der Waals surface area (Å²) in [5, 5.41) is 10.7. The first-order chi connectivity index (χ1) is 8.15. The van der Waals surface area contributed by atoms with Crippen molar-refractivity contribution in [1.82, 2.24) is 0 Å². The molecule has 0 radical (unpaired) electrons. The van der Waals surface area contributed by atoms with Crippen LogP contribution in [0.4, 0.5) is 0 Å². The molecule has 2 aliphatic rings. The summed E-state index contributed by atoms with van der Waals surface area (Å²) < 4.78 is 0. The first-order valence-electron chi connectivity index (χ1n) is 6.60. The summed E-state index contributed by atoms with van der Waals surface area (Å²) in [5.74, 6) is 1.47. The van der Waals surface area contributed by atoms with Gasteiger partial charge >= 0.3 is 0 Å². The fourth-order valence-electron chi connectivity index (χ4n) is 4.07. The number of aliphatic hydroxyl groups is 1. The fraction of sp³-hybridized carbons (Fsp3) is 0.714. The predicted molar refractivity (Wildman–Crippen MR) is 71.0 cm³/mol. The van der Waals surface area contributed by atoms with E-state index in [-0.39, 0.29) is 11.5 Å². The van der Waals surface area contributed by atoms with E-state index in [1.54, 1.807) is 11.3 Å². The van der Waals surface area contributed by atoms with Crippen LogP contribution < -0.4 is 5.73 Å². The van der Waals surface area contributed by atoms with Gasteiger partial charge in [0, 0.05) is 21.7 Å². The predicted octanol–water partition coefficient (Wildman–Crippen LogP) is 2.86. The summed E-state index contributed by atoms with van der Waals surface area (Å²) in [6, 6.07) is 4.18. The fourth-order valence-corrected chi connectivity index (χ4v) is 5.06. The number of fused-ring (bicyclic) bond motifs is 2. The minimum absolute atomic E-state index is 0.0276. The van der Waals surface area contributed by atoms with Crippen LogP contribution in [0.1, 0.15) is 41.5 Å². The lowest BCUT2D eigenvalue weighted by molar-refractivity contribution is -0.0107. The van der Waals surface area contributed by atoms with Crippen molar-refractivity contribution in [3.8, 4) is 0 Å². The van der Waals surface area contributed by atoms with Gasteiger partial charge in [-0.25, -0.2) is 0 Å². The molecule has 2 bridgehead atoms. The molecule has 2 fully saturated rings. The number of hydrogen-bond acceptors (Lipinski definition) is 3. The number of nitrogens with two attached hydrogens (primary N) is 1. The summed E-state index contributed by atoms with van der Waals surface area (Å²) >= 11 is 1.72. The molecule has 1 aromatic heterocycles. The summed E-state index contributed by atoms with van der Waals surface area (Å²) in [6.45, 7) is 2.73. The zero-order chi connectivity index (χ0) is 12.0. The third-order valence-corrected chi connectivity index (χ3v) is 6.03. The van der Waals surface area contributed by atoms with Gasteiger partial charge in [0.15, 0.2) is 0 Å². The first-order valence-corrected chi connectivity index (χ1v) is 7.42. The van der Waals surface area contributed by atoms with E-state index in [2.05, 4.69) is 19.1 Å². The molecule has 2 nitrogen and oxygen atoms in total. The SMILES string of the molecule is Cc1ccc(C(O)C2(CN)CC3CCC2C3)s1. The van der Waals surface area contributed by atoms with Crippen LogP contribution >= 0.6 is 11.3 Å². The molecule has 3 heteroatoms. The van der Waals surface area contributed by atoms with E-state index >= 15 is 0 Å². The lowest BCUT2D eigenvalue weighted by Crippen LogP contribution is -2.41. The molecule has 0 spiro atoms. The maximum atomic E-state index is 10.7. The van der Waals surface area contributed by atoms with Gasteiger partial charge in [-0.1, -0.05) is 6.42 Å². The minimum atomic E-state index is -0.346. The van der Waals surface area contributed by atoms with Crippen LogP contribution in [0.2, 0.25) is 0 Å². The molecule has 3 N–H and O–H groups in total. The molecule has 0 saturated heterocycles. The second kappa shape index (κ2) is 4.08. The second-order valence-corrected chi connectivity index (χ2v) is 7.19.